The zero-order valence-corrected chi connectivity index (χ0v) is 22.9. The van der Waals surface area contributed by atoms with Gasteiger partial charge in [0.2, 0.25) is 0 Å². The first-order valence-electron chi connectivity index (χ1n) is 12.3. The molecule has 1 unspecified atom stereocenters. The fourth-order valence-electron chi connectivity index (χ4n) is 4.56. The molecule has 0 saturated heterocycles. The summed E-state index contributed by atoms with van der Waals surface area (Å²) in [5.74, 6) is -0.382. The summed E-state index contributed by atoms with van der Waals surface area (Å²) in [6, 6.07) is 6.82. The van der Waals surface area contributed by atoms with Crippen molar-refractivity contribution >= 4 is 34.2 Å². The molecule has 0 radical (unpaired) electrons. The monoisotopic (exact) mass is 523 g/mol. The molecule has 0 spiro atoms. The van der Waals surface area contributed by atoms with E-state index >= 15 is 0 Å². The molecule has 0 bridgehead atoms. The van der Waals surface area contributed by atoms with E-state index in [0.717, 1.165) is 52.5 Å². The Labute approximate surface area is 220 Å². The van der Waals surface area contributed by atoms with E-state index in [1.54, 1.807) is 24.3 Å². The standard InChI is InChI=1S/C28H33N3O5S/c1-15-16(2)30-24(29-15)17-7-9-18(10-8-17)26(33)36-14-22(32)31-25-23(27(34)35-6)20-12-11-19(28(3,4)5)13-21(20)37-25/h7-10,19H,11-14H2,1-6H3,(H,29,30)(H,31,32). The predicted octanol–water partition coefficient (Wildman–Crippen LogP) is 5.49. The number of fused-ring (bicyclic) bond motifs is 1. The highest BCUT2D eigenvalue weighted by Gasteiger charge is 2.34. The number of ether oxygens (including phenoxy) is 2. The predicted molar refractivity (Wildman–Crippen MR) is 143 cm³/mol. The van der Waals surface area contributed by atoms with E-state index < -0.39 is 24.5 Å². The van der Waals surface area contributed by atoms with Crippen molar-refractivity contribution in [3.05, 3.63) is 57.2 Å². The van der Waals surface area contributed by atoms with Crippen molar-refractivity contribution in [3.63, 3.8) is 0 Å². The Morgan fingerprint density at radius 1 is 1.14 bits per heavy atom. The number of benzene rings is 1. The van der Waals surface area contributed by atoms with E-state index in [-0.39, 0.29) is 5.41 Å². The molecular weight excluding hydrogens is 490 g/mol. The van der Waals surface area contributed by atoms with Crippen molar-refractivity contribution in [2.45, 2.75) is 53.9 Å². The number of aromatic amines is 1. The molecule has 9 heteroatoms. The number of esters is 2. The lowest BCUT2D eigenvalue weighted by Crippen LogP contribution is -2.26. The number of thiophene rings is 1. The van der Waals surface area contributed by atoms with Crippen LogP contribution in [0.3, 0.4) is 0 Å². The van der Waals surface area contributed by atoms with Gasteiger partial charge in [0.1, 0.15) is 10.8 Å². The van der Waals surface area contributed by atoms with Gasteiger partial charge in [-0.15, -0.1) is 11.3 Å². The molecule has 2 aromatic heterocycles. The number of methoxy groups -OCH3 is 1. The van der Waals surface area contributed by atoms with Gasteiger partial charge in [-0.2, -0.15) is 0 Å². The molecule has 0 saturated carbocycles. The Bertz CT molecular complexity index is 1310. The average Bonchev–Trinajstić information content (AvgIpc) is 3.39. The molecule has 3 aromatic rings. The van der Waals surface area contributed by atoms with Crippen molar-refractivity contribution in [2.75, 3.05) is 19.0 Å². The van der Waals surface area contributed by atoms with Crippen LogP contribution in [-0.4, -0.2) is 41.5 Å². The van der Waals surface area contributed by atoms with Gasteiger partial charge < -0.3 is 19.8 Å². The van der Waals surface area contributed by atoms with E-state index in [1.165, 1.54) is 18.4 Å². The summed E-state index contributed by atoms with van der Waals surface area (Å²) in [6.45, 7) is 10.1. The SMILES string of the molecule is COC(=O)c1c(NC(=O)COC(=O)c2ccc(-c3nc(C)c(C)[nH]3)cc2)sc2c1CCC(C(C)(C)C)C2. The van der Waals surface area contributed by atoms with Crippen LogP contribution in [-0.2, 0) is 27.1 Å². The lowest BCUT2D eigenvalue weighted by Gasteiger charge is -2.33. The summed E-state index contributed by atoms with van der Waals surface area (Å²) < 4.78 is 10.2. The first kappa shape index (κ1) is 26.6. The van der Waals surface area contributed by atoms with E-state index in [9.17, 15) is 14.4 Å². The Hall–Kier alpha value is -3.46. The third-order valence-corrected chi connectivity index (χ3v) is 8.16. The molecule has 8 nitrogen and oxygen atoms in total. The number of carbonyl (C=O) groups is 3. The average molecular weight is 524 g/mol. The highest BCUT2D eigenvalue weighted by atomic mass is 32.1. The topological polar surface area (TPSA) is 110 Å². The molecular formula is C28H33N3O5S. The summed E-state index contributed by atoms with van der Waals surface area (Å²) in [5.41, 5.74) is 4.59. The molecule has 2 N–H and O–H groups in total. The summed E-state index contributed by atoms with van der Waals surface area (Å²) in [6.07, 6.45) is 2.59. The van der Waals surface area contributed by atoms with Crippen molar-refractivity contribution in [1.82, 2.24) is 9.97 Å². The second-order valence-electron chi connectivity index (χ2n) is 10.5. The number of nitrogens with zero attached hydrogens (tertiary/aromatic N) is 1. The zero-order valence-electron chi connectivity index (χ0n) is 22.1. The minimum Gasteiger partial charge on any atom is -0.465 e. The number of carbonyl (C=O) groups excluding carboxylic acids is 3. The first-order valence-corrected chi connectivity index (χ1v) is 13.1. The van der Waals surface area contributed by atoms with Crippen molar-refractivity contribution in [3.8, 4) is 11.4 Å². The van der Waals surface area contributed by atoms with Crippen LogP contribution in [0.25, 0.3) is 11.4 Å². The summed E-state index contributed by atoms with van der Waals surface area (Å²) in [5, 5.41) is 3.22. The smallest absolute Gasteiger partial charge is 0.341 e. The molecule has 0 fully saturated rings. The number of H-pyrrole nitrogens is 1. The largest absolute Gasteiger partial charge is 0.465 e. The second kappa shape index (κ2) is 10.5. The Kier molecular flexibility index (Phi) is 7.54. The van der Waals surface area contributed by atoms with Gasteiger partial charge >= 0.3 is 11.9 Å². The quantitative estimate of drug-likeness (QED) is 0.414. The highest BCUT2D eigenvalue weighted by Crippen LogP contribution is 2.44. The highest BCUT2D eigenvalue weighted by molar-refractivity contribution is 7.17. The third kappa shape index (κ3) is 5.77. The molecule has 1 atom stereocenters. The van der Waals surface area contributed by atoms with Gasteiger partial charge in [0, 0.05) is 16.1 Å². The molecule has 196 valence electrons. The van der Waals surface area contributed by atoms with Crippen LogP contribution >= 0.6 is 11.3 Å². The number of anilines is 1. The molecule has 1 aliphatic rings. The maximum absolute atomic E-state index is 12.7. The minimum atomic E-state index is -0.611. The maximum atomic E-state index is 12.7. The van der Waals surface area contributed by atoms with Crippen molar-refractivity contribution < 1.29 is 23.9 Å². The molecule has 2 heterocycles. The van der Waals surface area contributed by atoms with Gasteiger partial charge in [-0.05, 0) is 62.1 Å². The third-order valence-electron chi connectivity index (χ3n) is 6.99. The Morgan fingerprint density at radius 3 is 2.43 bits per heavy atom. The summed E-state index contributed by atoms with van der Waals surface area (Å²) in [7, 11) is 1.33. The van der Waals surface area contributed by atoms with E-state index in [0.29, 0.717) is 22.0 Å². The number of hydrogen-bond donors (Lipinski definition) is 2. The fourth-order valence-corrected chi connectivity index (χ4v) is 5.89. The Morgan fingerprint density at radius 2 is 1.84 bits per heavy atom. The van der Waals surface area contributed by atoms with Crippen LogP contribution < -0.4 is 5.32 Å². The van der Waals surface area contributed by atoms with Crippen LogP contribution in [0.5, 0.6) is 0 Å². The molecule has 1 aliphatic carbocycles. The molecule has 1 amide bonds. The van der Waals surface area contributed by atoms with Crippen LogP contribution in [0, 0.1) is 25.2 Å². The second-order valence-corrected chi connectivity index (χ2v) is 11.6. The summed E-state index contributed by atoms with van der Waals surface area (Å²) in [4.78, 5) is 46.5. The number of rotatable bonds is 6. The lowest BCUT2D eigenvalue weighted by molar-refractivity contribution is -0.119. The van der Waals surface area contributed by atoms with Crippen molar-refractivity contribution in [2.24, 2.45) is 11.3 Å². The van der Waals surface area contributed by atoms with Crippen LogP contribution in [0.4, 0.5) is 5.00 Å². The van der Waals surface area contributed by atoms with E-state index in [2.05, 4.69) is 36.1 Å². The number of hydrogen-bond acceptors (Lipinski definition) is 7. The Balaban J connectivity index is 1.41. The van der Waals surface area contributed by atoms with Gasteiger partial charge in [0.05, 0.1) is 23.9 Å². The maximum Gasteiger partial charge on any atom is 0.341 e. The zero-order chi connectivity index (χ0) is 26.9. The van der Waals surface area contributed by atoms with E-state index in [4.69, 9.17) is 9.47 Å². The number of amides is 1. The number of aromatic nitrogens is 2. The van der Waals surface area contributed by atoms with Crippen LogP contribution in [0.2, 0.25) is 0 Å². The fraction of sp³-hybridized carbons (Fsp3) is 0.429. The normalized spacial score (nSPS) is 15.1. The van der Waals surface area contributed by atoms with Gasteiger partial charge in [0.25, 0.3) is 5.91 Å². The molecule has 4 rings (SSSR count). The van der Waals surface area contributed by atoms with Crippen LogP contribution in [0.15, 0.2) is 24.3 Å². The summed E-state index contributed by atoms with van der Waals surface area (Å²) >= 11 is 1.40. The first-order chi connectivity index (χ1) is 17.5. The molecule has 0 aliphatic heterocycles. The molecule has 1 aromatic carbocycles. The van der Waals surface area contributed by atoms with Crippen molar-refractivity contribution in [1.29, 1.82) is 0 Å². The molecule has 37 heavy (non-hydrogen) atoms. The number of nitrogens with one attached hydrogen (secondary N) is 2. The number of imidazole rings is 1. The van der Waals surface area contributed by atoms with Crippen LogP contribution in [0.1, 0.15) is 69.7 Å². The minimum absolute atomic E-state index is 0.152. The van der Waals surface area contributed by atoms with Gasteiger partial charge in [0.15, 0.2) is 6.61 Å². The van der Waals surface area contributed by atoms with Gasteiger partial charge in [-0.25, -0.2) is 14.6 Å². The number of aryl methyl sites for hydroxylation is 2. The van der Waals surface area contributed by atoms with Gasteiger partial charge in [-0.1, -0.05) is 32.9 Å². The lowest BCUT2D eigenvalue weighted by atomic mass is 9.72. The van der Waals surface area contributed by atoms with Gasteiger partial charge in [-0.3, -0.25) is 4.79 Å². The van der Waals surface area contributed by atoms with E-state index in [1.807, 2.05) is 13.8 Å².